The van der Waals surface area contributed by atoms with E-state index in [4.69, 9.17) is 0 Å². The Balaban J connectivity index is 2.20. The molecule has 0 amide bonds. The summed E-state index contributed by atoms with van der Waals surface area (Å²) >= 11 is 0. The molecule has 0 bridgehead atoms. The van der Waals surface area contributed by atoms with E-state index in [-0.39, 0.29) is 4.90 Å². The van der Waals surface area contributed by atoms with E-state index in [1.807, 2.05) is 0 Å². The predicted molar refractivity (Wildman–Crippen MR) is 71.2 cm³/mol. The topological polar surface area (TPSA) is 53.5 Å². The maximum Gasteiger partial charge on any atom is 0.244 e. The molecule has 1 saturated heterocycles. The summed E-state index contributed by atoms with van der Waals surface area (Å²) in [6, 6.07) is 3.42. The maximum atomic E-state index is 11.9. The maximum absolute atomic E-state index is 11.9. The van der Waals surface area contributed by atoms with Crippen molar-refractivity contribution in [2.24, 2.45) is 0 Å². The first kappa shape index (κ1) is 13.3. The predicted octanol–water partition coefficient (Wildman–Crippen LogP) is 1.32. The number of pyridine rings is 1. The van der Waals surface area contributed by atoms with Gasteiger partial charge in [-0.3, -0.25) is 0 Å². The number of nitrogens with zero attached hydrogens (tertiary/aromatic N) is 3. The molecule has 0 aromatic carbocycles. The Morgan fingerprint density at radius 2 is 1.83 bits per heavy atom. The number of rotatable bonds is 3. The quantitative estimate of drug-likeness (QED) is 0.830. The Labute approximate surface area is 108 Å². The molecule has 0 N–H and O–H groups in total. The molecule has 18 heavy (non-hydrogen) atoms. The Bertz CT molecular complexity index is 491. The summed E-state index contributed by atoms with van der Waals surface area (Å²) in [6.07, 6.45) is 5.07. The number of aromatic nitrogens is 1. The first-order valence-electron chi connectivity index (χ1n) is 6.15. The minimum atomic E-state index is -3.37. The van der Waals surface area contributed by atoms with Crippen molar-refractivity contribution in [1.29, 1.82) is 0 Å². The zero-order chi connectivity index (χ0) is 13.2. The molecule has 0 spiro atoms. The van der Waals surface area contributed by atoms with E-state index in [1.165, 1.54) is 43.9 Å². The van der Waals surface area contributed by atoms with Gasteiger partial charge in [0.2, 0.25) is 10.0 Å². The second-order valence-corrected chi connectivity index (χ2v) is 6.84. The lowest BCUT2D eigenvalue weighted by Gasteiger charge is -2.27. The van der Waals surface area contributed by atoms with E-state index >= 15 is 0 Å². The van der Waals surface area contributed by atoms with Gasteiger partial charge in [0.15, 0.2) is 0 Å². The minimum Gasteiger partial charge on any atom is -0.357 e. The third-order valence-electron chi connectivity index (χ3n) is 3.18. The Morgan fingerprint density at radius 3 is 2.33 bits per heavy atom. The van der Waals surface area contributed by atoms with Crippen molar-refractivity contribution >= 4 is 15.8 Å². The van der Waals surface area contributed by atoms with Crippen LogP contribution in [0.4, 0.5) is 5.82 Å². The fourth-order valence-corrected chi connectivity index (χ4v) is 2.89. The summed E-state index contributed by atoms with van der Waals surface area (Å²) in [7, 11) is -0.329. The molecule has 0 radical (unpaired) electrons. The summed E-state index contributed by atoms with van der Waals surface area (Å²) in [5.41, 5.74) is 0. The van der Waals surface area contributed by atoms with Gasteiger partial charge in [0.1, 0.15) is 10.7 Å². The monoisotopic (exact) mass is 269 g/mol. The van der Waals surface area contributed by atoms with Crippen LogP contribution < -0.4 is 4.90 Å². The van der Waals surface area contributed by atoms with E-state index in [2.05, 4.69) is 9.88 Å². The van der Waals surface area contributed by atoms with Gasteiger partial charge in [0.25, 0.3) is 0 Å². The molecule has 2 heterocycles. The summed E-state index contributed by atoms with van der Waals surface area (Å²) in [5, 5.41) is 0. The van der Waals surface area contributed by atoms with Crippen molar-refractivity contribution in [2.75, 3.05) is 32.1 Å². The smallest absolute Gasteiger partial charge is 0.244 e. The van der Waals surface area contributed by atoms with Gasteiger partial charge in [-0.25, -0.2) is 17.7 Å². The average Bonchev–Trinajstić information content (AvgIpc) is 2.40. The van der Waals surface area contributed by atoms with Crippen LogP contribution in [0.5, 0.6) is 0 Å². The largest absolute Gasteiger partial charge is 0.357 e. The van der Waals surface area contributed by atoms with Crippen LogP contribution in [0.15, 0.2) is 23.2 Å². The van der Waals surface area contributed by atoms with Gasteiger partial charge in [0.05, 0.1) is 0 Å². The number of hydrogen-bond donors (Lipinski definition) is 0. The molecule has 1 aromatic heterocycles. The molecule has 6 heteroatoms. The molecule has 1 aliphatic rings. The van der Waals surface area contributed by atoms with Crippen LogP contribution in [0.25, 0.3) is 0 Å². The standard InChI is InChI=1S/C12H19N3O2S/c1-14(2)18(16,17)11-6-7-12(13-10-11)15-8-4-3-5-9-15/h6-7,10H,3-5,8-9H2,1-2H3. The lowest BCUT2D eigenvalue weighted by molar-refractivity contribution is 0.520. The summed E-state index contributed by atoms with van der Waals surface area (Å²) in [6.45, 7) is 2.01. The molecule has 0 unspecified atom stereocenters. The first-order valence-corrected chi connectivity index (χ1v) is 7.59. The van der Waals surface area contributed by atoms with Crippen molar-refractivity contribution in [2.45, 2.75) is 24.2 Å². The highest BCUT2D eigenvalue weighted by molar-refractivity contribution is 7.89. The molecule has 2 rings (SSSR count). The molecular weight excluding hydrogens is 250 g/mol. The van der Waals surface area contributed by atoms with Gasteiger partial charge in [0, 0.05) is 33.4 Å². The highest BCUT2D eigenvalue weighted by Gasteiger charge is 2.18. The Kier molecular flexibility index (Phi) is 3.87. The molecular formula is C12H19N3O2S. The Morgan fingerprint density at radius 1 is 1.17 bits per heavy atom. The van der Waals surface area contributed by atoms with Gasteiger partial charge < -0.3 is 4.90 Å². The molecule has 1 fully saturated rings. The lowest BCUT2D eigenvalue weighted by atomic mass is 10.1. The number of piperidine rings is 1. The van der Waals surface area contributed by atoms with Gasteiger partial charge in [-0.15, -0.1) is 0 Å². The fourth-order valence-electron chi connectivity index (χ4n) is 2.05. The number of hydrogen-bond acceptors (Lipinski definition) is 4. The summed E-state index contributed by atoms with van der Waals surface area (Å²) in [5.74, 6) is 0.868. The van der Waals surface area contributed by atoms with Crippen LogP contribution >= 0.6 is 0 Å². The van der Waals surface area contributed by atoms with Crippen LogP contribution in [0.2, 0.25) is 0 Å². The lowest BCUT2D eigenvalue weighted by Crippen LogP contribution is -2.30. The van der Waals surface area contributed by atoms with E-state index in [0.717, 1.165) is 18.9 Å². The fraction of sp³-hybridized carbons (Fsp3) is 0.583. The molecule has 0 saturated carbocycles. The first-order chi connectivity index (χ1) is 8.51. The zero-order valence-corrected chi connectivity index (χ0v) is 11.7. The van der Waals surface area contributed by atoms with E-state index in [0.29, 0.717) is 0 Å². The van der Waals surface area contributed by atoms with Gasteiger partial charge in [-0.05, 0) is 31.4 Å². The zero-order valence-electron chi connectivity index (χ0n) is 10.8. The van der Waals surface area contributed by atoms with E-state index in [9.17, 15) is 8.42 Å². The SMILES string of the molecule is CN(C)S(=O)(=O)c1ccc(N2CCCCC2)nc1. The van der Waals surface area contributed by atoms with Crippen LogP contribution in [0.1, 0.15) is 19.3 Å². The summed E-state index contributed by atoms with van der Waals surface area (Å²) < 4.78 is 25.0. The van der Waals surface area contributed by atoms with Crippen molar-refractivity contribution in [3.63, 3.8) is 0 Å². The highest BCUT2D eigenvalue weighted by Crippen LogP contribution is 2.19. The minimum absolute atomic E-state index is 0.244. The van der Waals surface area contributed by atoms with E-state index in [1.54, 1.807) is 12.1 Å². The van der Waals surface area contributed by atoms with Crippen molar-refractivity contribution < 1.29 is 8.42 Å². The molecule has 5 nitrogen and oxygen atoms in total. The van der Waals surface area contributed by atoms with Gasteiger partial charge in [-0.1, -0.05) is 0 Å². The van der Waals surface area contributed by atoms with Crippen LogP contribution in [-0.2, 0) is 10.0 Å². The number of anilines is 1. The average molecular weight is 269 g/mol. The second-order valence-electron chi connectivity index (χ2n) is 4.69. The van der Waals surface area contributed by atoms with Gasteiger partial charge >= 0.3 is 0 Å². The molecule has 0 atom stereocenters. The van der Waals surface area contributed by atoms with Crippen molar-refractivity contribution in [3.8, 4) is 0 Å². The van der Waals surface area contributed by atoms with Crippen molar-refractivity contribution in [3.05, 3.63) is 18.3 Å². The van der Waals surface area contributed by atoms with Crippen LogP contribution in [0.3, 0.4) is 0 Å². The summed E-state index contributed by atoms with van der Waals surface area (Å²) in [4.78, 5) is 6.72. The van der Waals surface area contributed by atoms with Crippen LogP contribution in [-0.4, -0.2) is 44.9 Å². The van der Waals surface area contributed by atoms with Crippen LogP contribution in [0, 0.1) is 0 Å². The molecule has 0 aliphatic carbocycles. The number of sulfonamides is 1. The Hall–Kier alpha value is -1.14. The normalized spacial score (nSPS) is 17.2. The molecule has 100 valence electrons. The third-order valence-corrected chi connectivity index (χ3v) is 4.98. The van der Waals surface area contributed by atoms with Crippen molar-refractivity contribution in [1.82, 2.24) is 9.29 Å². The molecule has 1 aliphatic heterocycles. The third kappa shape index (κ3) is 2.64. The molecule has 1 aromatic rings. The highest BCUT2D eigenvalue weighted by atomic mass is 32.2. The van der Waals surface area contributed by atoms with Gasteiger partial charge in [-0.2, -0.15) is 0 Å². The van der Waals surface area contributed by atoms with E-state index < -0.39 is 10.0 Å². The second kappa shape index (κ2) is 5.24.